The fourth-order valence-electron chi connectivity index (χ4n) is 4.66. The molecule has 1 aliphatic heterocycles. The Morgan fingerprint density at radius 2 is 1.81 bits per heavy atom. The van der Waals surface area contributed by atoms with Gasteiger partial charge in [0.25, 0.3) is 0 Å². The lowest BCUT2D eigenvalue weighted by atomic mass is 10.1. The Kier molecular flexibility index (Phi) is 6.86. The number of nitrogens with one attached hydrogen (secondary N) is 3. The van der Waals surface area contributed by atoms with Crippen LogP contribution in [0, 0.1) is 6.92 Å². The quantitative estimate of drug-likeness (QED) is 0.355. The minimum absolute atomic E-state index is 0.165. The SMILES string of the molecule is Cc1cc(NC(=O)NCCN2CCC(NS(=O)(=O)c3ccc4ccccc4c3)C2)c2ccccc2n1. The lowest BCUT2D eigenvalue weighted by Gasteiger charge is -2.17. The van der Waals surface area contributed by atoms with Crippen LogP contribution in [0.5, 0.6) is 0 Å². The monoisotopic (exact) mass is 503 g/mol. The molecule has 1 fully saturated rings. The molecule has 0 saturated carbocycles. The molecule has 2 heterocycles. The van der Waals surface area contributed by atoms with Crippen molar-refractivity contribution in [2.45, 2.75) is 24.3 Å². The molecule has 0 spiro atoms. The molecule has 0 radical (unpaired) electrons. The van der Waals surface area contributed by atoms with E-state index in [0.29, 0.717) is 19.6 Å². The normalized spacial score (nSPS) is 16.4. The molecule has 36 heavy (non-hydrogen) atoms. The Balaban J connectivity index is 1.11. The highest BCUT2D eigenvalue weighted by molar-refractivity contribution is 7.89. The molecular weight excluding hydrogens is 474 g/mol. The van der Waals surface area contributed by atoms with E-state index < -0.39 is 10.0 Å². The zero-order chi connectivity index (χ0) is 25.1. The van der Waals surface area contributed by atoms with Crippen LogP contribution in [0.25, 0.3) is 21.7 Å². The number of fused-ring (bicyclic) bond motifs is 2. The van der Waals surface area contributed by atoms with E-state index in [0.717, 1.165) is 46.0 Å². The first-order valence-electron chi connectivity index (χ1n) is 12.0. The molecular formula is C27H29N5O3S. The second-order valence-corrected chi connectivity index (χ2v) is 10.8. The molecule has 1 aromatic heterocycles. The van der Waals surface area contributed by atoms with E-state index in [1.807, 2.05) is 67.6 Å². The summed E-state index contributed by atoms with van der Waals surface area (Å²) in [5, 5.41) is 8.61. The first-order chi connectivity index (χ1) is 17.4. The van der Waals surface area contributed by atoms with Crippen molar-refractivity contribution in [3.63, 3.8) is 0 Å². The van der Waals surface area contributed by atoms with Gasteiger partial charge in [-0.25, -0.2) is 17.9 Å². The van der Waals surface area contributed by atoms with E-state index in [1.165, 1.54) is 0 Å². The Hall–Kier alpha value is -3.53. The maximum atomic E-state index is 12.9. The van der Waals surface area contributed by atoms with Crippen LogP contribution in [0.2, 0.25) is 0 Å². The van der Waals surface area contributed by atoms with Crippen molar-refractivity contribution < 1.29 is 13.2 Å². The lowest BCUT2D eigenvalue weighted by Crippen LogP contribution is -2.39. The maximum absolute atomic E-state index is 12.9. The highest BCUT2D eigenvalue weighted by Crippen LogP contribution is 2.23. The highest BCUT2D eigenvalue weighted by atomic mass is 32.2. The number of likely N-dealkylation sites (tertiary alicyclic amines) is 1. The van der Waals surface area contributed by atoms with Crippen molar-refractivity contribution in [1.82, 2.24) is 19.9 Å². The number of carbonyl (C=O) groups excluding carboxylic acids is 1. The van der Waals surface area contributed by atoms with Gasteiger partial charge in [0.2, 0.25) is 10.0 Å². The van der Waals surface area contributed by atoms with Crippen LogP contribution in [-0.4, -0.2) is 56.6 Å². The standard InChI is InChI=1S/C27H29N5O3S/c1-19-16-26(24-8-4-5-9-25(24)29-19)30-27(33)28-13-15-32-14-12-22(18-32)31-36(34,35)23-11-10-20-6-2-3-7-21(20)17-23/h2-11,16-17,22,31H,12-15,18H2,1H3,(H2,28,29,30,33). The van der Waals surface area contributed by atoms with E-state index in [-0.39, 0.29) is 17.0 Å². The van der Waals surface area contributed by atoms with Gasteiger partial charge in [0.05, 0.1) is 16.1 Å². The third-order valence-corrected chi connectivity index (χ3v) is 7.95. The molecule has 1 saturated heterocycles. The summed E-state index contributed by atoms with van der Waals surface area (Å²) in [4.78, 5) is 19.4. The van der Waals surface area contributed by atoms with Gasteiger partial charge in [0, 0.05) is 36.8 Å². The van der Waals surface area contributed by atoms with Crippen molar-refractivity contribution in [2.24, 2.45) is 0 Å². The van der Waals surface area contributed by atoms with Crippen molar-refractivity contribution >= 4 is 43.4 Å². The molecule has 0 aliphatic carbocycles. The summed E-state index contributed by atoms with van der Waals surface area (Å²) in [6.07, 6.45) is 0.724. The molecule has 3 N–H and O–H groups in total. The van der Waals surface area contributed by atoms with Gasteiger partial charge in [-0.05, 0) is 54.9 Å². The van der Waals surface area contributed by atoms with E-state index >= 15 is 0 Å². The minimum atomic E-state index is -3.61. The zero-order valence-corrected chi connectivity index (χ0v) is 20.9. The number of amides is 2. The summed E-state index contributed by atoms with van der Waals surface area (Å²) >= 11 is 0. The van der Waals surface area contributed by atoms with E-state index in [1.54, 1.807) is 12.1 Å². The van der Waals surface area contributed by atoms with Gasteiger partial charge in [0.1, 0.15) is 0 Å². The van der Waals surface area contributed by atoms with E-state index in [2.05, 4.69) is 25.2 Å². The Labute approximate surface area is 210 Å². The van der Waals surface area contributed by atoms with Crippen LogP contribution in [0.15, 0.2) is 77.7 Å². The van der Waals surface area contributed by atoms with Crippen molar-refractivity contribution in [3.05, 3.63) is 78.5 Å². The topological polar surface area (TPSA) is 103 Å². The molecule has 1 unspecified atom stereocenters. The first kappa shape index (κ1) is 24.2. The van der Waals surface area contributed by atoms with Gasteiger partial charge >= 0.3 is 6.03 Å². The number of aryl methyl sites for hydroxylation is 1. The summed E-state index contributed by atoms with van der Waals surface area (Å²) in [5.41, 5.74) is 2.39. The number of hydrogen-bond donors (Lipinski definition) is 3. The number of aromatic nitrogens is 1. The smallest absolute Gasteiger partial charge is 0.319 e. The van der Waals surface area contributed by atoms with Crippen molar-refractivity contribution in [3.8, 4) is 0 Å². The van der Waals surface area contributed by atoms with E-state index in [4.69, 9.17) is 0 Å². The average Bonchev–Trinajstić information content (AvgIpc) is 3.30. The molecule has 9 heteroatoms. The van der Waals surface area contributed by atoms with Crippen LogP contribution in [0.4, 0.5) is 10.5 Å². The van der Waals surface area contributed by atoms with Crippen LogP contribution in [0.1, 0.15) is 12.1 Å². The van der Waals surface area contributed by atoms with Crippen LogP contribution in [-0.2, 0) is 10.0 Å². The van der Waals surface area contributed by atoms with Gasteiger partial charge in [-0.2, -0.15) is 0 Å². The Morgan fingerprint density at radius 3 is 2.67 bits per heavy atom. The number of para-hydroxylation sites is 1. The molecule has 1 atom stereocenters. The Bertz CT molecular complexity index is 1520. The predicted octanol–water partition coefficient (Wildman–Crippen LogP) is 3.87. The number of rotatable bonds is 7. The number of carbonyl (C=O) groups is 1. The molecule has 3 aromatic carbocycles. The second-order valence-electron chi connectivity index (χ2n) is 9.13. The van der Waals surface area contributed by atoms with Gasteiger partial charge in [-0.3, -0.25) is 9.88 Å². The van der Waals surface area contributed by atoms with E-state index in [9.17, 15) is 13.2 Å². The summed E-state index contributed by atoms with van der Waals surface area (Å²) in [7, 11) is -3.61. The summed E-state index contributed by atoms with van der Waals surface area (Å²) < 4.78 is 28.7. The minimum Gasteiger partial charge on any atom is -0.337 e. The van der Waals surface area contributed by atoms with Crippen molar-refractivity contribution in [2.75, 3.05) is 31.5 Å². The van der Waals surface area contributed by atoms with Crippen molar-refractivity contribution in [1.29, 1.82) is 0 Å². The number of anilines is 1. The number of hydrogen-bond acceptors (Lipinski definition) is 5. The third kappa shape index (κ3) is 5.48. The second kappa shape index (κ2) is 10.2. The van der Waals surface area contributed by atoms with Gasteiger partial charge in [0.15, 0.2) is 0 Å². The molecule has 0 bridgehead atoms. The molecule has 2 amide bonds. The lowest BCUT2D eigenvalue weighted by molar-refractivity contribution is 0.249. The largest absolute Gasteiger partial charge is 0.337 e. The van der Waals surface area contributed by atoms with Gasteiger partial charge in [-0.1, -0.05) is 48.5 Å². The number of urea groups is 1. The maximum Gasteiger partial charge on any atom is 0.319 e. The van der Waals surface area contributed by atoms with Crippen LogP contribution >= 0.6 is 0 Å². The number of nitrogens with zero attached hydrogens (tertiary/aromatic N) is 2. The number of sulfonamides is 1. The number of pyridine rings is 1. The third-order valence-electron chi connectivity index (χ3n) is 6.43. The first-order valence-corrected chi connectivity index (χ1v) is 13.5. The molecule has 5 rings (SSSR count). The molecule has 8 nitrogen and oxygen atoms in total. The molecule has 4 aromatic rings. The highest BCUT2D eigenvalue weighted by Gasteiger charge is 2.27. The summed E-state index contributed by atoms with van der Waals surface area (Å²) in [6, 6.07) is 22.0. The van der Waals surface area contributed by atoms with Gasteiger partial charge < -0.3 is 10.6 Å². The summed E-state index contributed by atoms with van der Waals surface area (Å²) in [5.74, 6) is 0. The van der Waals surface area contributed by atoms with Crippen LogP contribution in [0.3, 0.4) is 0 Å². The molecule has 1 aliphatic rings. The van der Waals surface area contributed by atoms with Crippen LogP contribution < -0.4 is 15.4 Å². The fourth-order valence-corrected chi connectivity index (χ4v) is 5.96. The zero-order valence-electron chi connectivity index (χ0n) is 20.1. The average molecular weight is 504 g/mol. The Morgan fingerprint density at radius 1 is 1.03 bits per heavy atom. The van der Waals surface area contributed by atoms with Gasteiger partial charge in [-0.15, -0.1) is 0 Å². The number of benzene rings is 3. The fraction of sp³-hybridized carbons (Fsp3) is 0.259. The predicted molar refractivity (Wildman–Crippen MR) is 143 cm³/mol. The summed E-state index contributed by atoms with van der Waals surface area (Å²) in [6.45, 7) is 4.36. The molecule has 186 valence electrons.